The van der Waals surface area contributed by atoms with Crippen LogP contribution in [0.5, 0.6) is 0 Å². The number of rotatable bonds is 6. The molecule has 0 amide bonds. The third kappa shape index (κ3) is 3.35. The second-order valence-electron chi connectivity index (χ2n) is 6.38. The van der Waals surface area contributed by atoms with Crippen molar-refractivity contribution in [1.82, 2.24) is 14.5 Å². The second-order valence-corrected chi connectivity index (χ2v) is 6.38. The summed E-state index contributed by atoms with van der Waals surface area (Å²) in [5.74, 6) is 1.09. The second kappa shape index (κ2) is 6.61. The first kappa shape index (κ1) is 13.9. The molecule has 4 heteroatoms. The number of imidazole rings is 1. The molecule has 3 rings (SSSR count). The molecule has 0 spiro atoms. The lowest BCUT2D eigenvalue weighted by Gasteiger charge is -2.17. The molecule has 4 nitrogen and oxygen atoms in total. The predicted molar refractivity (Wildman–Crippen MR) is 83.2 cm³/mol. The molecule has 1 aliphatic heterocycles. The van der Waals surface area contributed by atoms with Gasteiger partial charge >= 0.3 is 0 Å². The van der Waals surface area contributed by atoms with E-state index in [0.717, 1.165) is 18.2 Å². The number of likely N-dealkylation sites (tertiary alicyclic amines) is 1. The first-order valence-corrected chi connectivity index (χ1v) is 8.34. The van der Waals surface area contributed by atoms with Crippen LogP contribution in [0.2, 0.25) is 0 Å². The van der Waals surface area contributed by atoms with E-state index in [1.165, 1.54) is 64.6 Å². The van der Waals surface area contributed by atoms with E-state index in [1.807, 2.05) is 0 Å². The number of aryl methyl sites for hydroxylation is 1. The summed E-state index contributed by atoms with van der Waals surface area (Å²) in [5.41, 5.74) is 1.14. The Kier molecular flexibility index (Phi) is 4.61. The van der Waals surface area contributed by atoms with Crippen LogP contribution < -0.4 is 5.32 Å². The topological polar surface area (TPSA) is 33.1 Å². The average Bonchev–Trinajstić information content (AvgIpc) is 3.16. The SMILES string of the molecule is Cc1cn(C2CCCC2)c(NCCCN2CCCC2)n1. The zero-order valence-corrected chi connectivity index (χ0v) is 12.8. The van der Waals surface area contributed by atoms with Gasteiger partial charge in [0, 0.05) is 18.8 Å². The van der Waals surface area contributed by atoms with Gasteiger partial charge in [-0.05, 0) is 58.7 Å². The number of nitrogens with one attached hydrogen (secondary N) is 1. The van der Waals surface area contributed by atoms with E-state index >= 15 is 0 Å². The largest absolute Gasteiger partial charge is 0.356 e. The predicted octanol–water partition coefficient (Wildman–Crippen LogP) is 3.20. The molecule has 2 aliphatic rings. The minimum atomic E-state index is 0.678. The molecule has 1 N–H and O–H groups in total. The Morgan fingerprint density at radius 1 is 1.20 bits per heavy atom. The summed E-state index contributed by atoms with van der Waals surface area (Å²) in [6.45, 7) is 6.97. The van der Waals surface area contributed by atoms with Crippen molar-refractivity contribution in [2.24, 2.45) is 0 Å². The zero-order chi connectivity index (χ0) is 13.8. The average molecular weight is 276 g/mol. The molecule has 0 unspecified atom stereocenters. The van der Waals surface area contributed by atoms with Crippen LogP contribution in [0, 0.1) is 6.92 Å². The fourth-order valence-corrected chi connectivity index (χ4v) is 3.62. The quantitative estimate of drug-likeness (QED) is 0.810. The van der Waals surface area contributed by atoms with E-state index in [-0.39, 0.29) is 0 Å². The van der Waals surface area contributed by atoms with E-state index in [9.17, 15) is 0 Å². The van der Waals surface area contributed by atoms with Crippen LogP contribution >= 0.6 is 0 Å². The van der Waals surface area contributed by atoms with Gasteiger partial charge in [0.1, 0.15) is 0 Å². The lowest BCUT2D eigenvalue weighted by molar-refractivity contribution is 0.337. The molecular formula is C16H28N4. The fraction of sp³-hybridized carbons (Fsp3) is 0.812. The van der Waals surface area contributed by atoms with E-state index in [1.54, 1.807) is 0 Å². The van der Waals surface area contributed by atoms with Crippen LogP contribution in [0.15, 0.2) is 6.20 Å². The highest BCUT2D eigenvalue weighted by Gasteiger charge is 2.20. The van der Waals surface area contributed by atoms with Crippen LogP contribution in [0.3, 0.4) is 0 Å². The number of aromatic nitrogens is 2. The number of hydrogen-bond donors (Lipinski definition) is 1. The number of anilines is 1. The summed E-state index contributed by atoms with van der Waals surface area (Å²) >= 11 is 0. The van der Waals surface area contributed by atoms with Gasteiger partial charge in [0.05, 0.1) is 5.69 Å². The lowest BCUT2D eigenvalue weighted by Crippen LogP contribution is -2.23. The molecule has 20 heavy (non-hydrogen) atoms. The van der Waals surface area contributed by atoms with Crippen LogP contribution in [0.4, 0.5) is 5.95 Å². The summed E-state index contributed by atoms with van der Waals surface area (Å²) < 4.78 is 2.39. The molecule has 0 atom stereocenters. The molecule has 1 aromatic rings. The number of nitrogens with zero attached hydrogens (tertiary/aromatic N) is 3. The van der Waals surface area contributed by atoms with Crippen molar-refractivity contribution in [1.29, 1.82) is 0 Å². The maximum atomic E-state index is 4.66. The summed E-state index contributed by atoms with van der Waals surface area (Å²) in [4.78, 5) is 7.24. The van der Waals surface area contributed by atoms with Crippen molar-refractivity contribution >= 4 is 5.95 Å². The lowest BCUT2D eigenvalue weighted by atomic mass is 10.2. The van der Waals surface area contributed by atoms with Gasteiger partial charge in [0.25, 0.3) is 0 Å². The van der Waals surface area contributed by atoms with Crippen LogP contribution in [0.1, 0.15) is 56.7 Å². The van der Waals surface area contributed by atoms with Gasteiger partial charge in [0.15, 0.2) is 0 Å². The zero-order valence-electron chi connectivity index (χ0n) is 12.8. The molecule has 2 fully saturated rings. The molecule has 1 aliphatic carbocycles. The fourth-order valence-electron chi connectivity index (χ4n) is 3.62. The van der Waals surface area contributed by atoms with E-state index in [4.69, 9.17) is 0 Å². The van der Waals surface area contributed by atoms with Gasteiger partial charge in [-0.3, -0.25) is 0 Å². The third-order valence-corrected chi connectivity index (χ3v) is 4.70. The highest BCUT2D eigenvalue weighted by atomic mass is 15.2. The first-order valence-electron chi connectivity index (χ1n) is 8.34. The van der Waals surface area contributed by atoms with Gasteiger partial charge < -0.3 is 14.8 Å². The van der Waals surface area contributed by atoms with Crippen LogP contribution in [-0.4, -0.2) is 40.6 Å². The maximum Gasteiger partial charge on any atom is 0.203 e. The van der Waals surface area contributed by atoms with Gasteiger partial charge in [-0.15, -0.1) is 0 Å². The summed E-state index contributed by atoms with van der Waals surface area (Å²) in [6, 6.07) is 0.678. The standard InChI is InChI=1S/C16H28N4/c1-14-13-20(15-7-2-3-8-15)16(18-14)17-9-6-12-19-10-4-5-11-19/h13,15H,2-12H2,1H3,(H,17,18). The molecule has 1 saturated carbocycles. The van der Waals surface area contributed by atoms with Crippen molar-refractivity contribution in [3.8, 4) is 0 Å². The number of hydrogen-bond acceptors (Lipinski definition) is 3. The molecule has 0 bridgehead atoms. The van der Waals surface area contributed by atoms with Gasteiger partial charge in [-0.2, -0.15) is 0 Å². The Hall–Kier alpha value is -1.03. The third-order valence-electron chi connectivity index (χ3n) is 4.70. The Morgan fingerprint density at radius 3 is 2.70 bits per heavy atom. The normalized spacial score (nSPS) is 20.9. The molecule has 1 saturated heterocycles. The Balaban J connectivity index is 1.48. The van der Waals surface area contributed by atoms with Crippen LogP contribution in [0.25, 0.3) is 0 Å². The monoisotopic (exact) mass is 276 g/mol. The van der Waals surface area contributed by atoms with Crippen molar-refractivity contribution in [2.75, 3.05) is 31.5 Å². The van der Waals surface area contributed by atoms with Crippen LogP contribution in [-0.2, 0) is 0 Å². The van der Waals surface area contributed by atoms with Gasteiger partial charge in [-0.25, -0.2) is 4.98 Å². The molecule has 0 radical (unpaired) electrons. The van der Waals surface area contributed by atoms with Crippen molar-refractivity contribution in [2.45, 2.75) is 57.9 Å². The minimum absolute atomic E-state index is 0.678. The Labute approximate surface area is 122 Å². The first-order chi connectivity index (χ1) is 9.83. The van der Waals surface area contributed by atoms with Gasteiger partial charge in [0.2, 0.25) is 5.95 Å². The smallest absolute Gasteiger partial charge is 0.203 e. The van der Waals surface area contributed by atoms with E-state index in [2.05, 4.69) is 32.9 Å². The molecule has 0 aromatic carbocycles. The highest BCUT2D eigenvalue weighted by Crippen LogP contribution is 2.32. The Bertz CT molecular complexity index is 414. The molecular weight excluding hydrogens is 248 g/mol. The van der Waals surface area contributed by atoms with Crippen molar-refractivity contribution < 1.29 is 0 Å². The summed E-state index contributed by atoms with van der Waals surface area (Å²) in [7, 11) is 0. The van der Waals surface area contributed by atoms with Crippen molar-refractivity contribution in [3.63, 3.8) is 0 Å². The van der Waals surface area contributed by atoms with Crippen molar-refractivity contribution in [3.05, 3.63) is 11.9 Å². The molecule has 112 valence electrons. The van der Waals surface area contributed by atoms with Gasteiger partial charge in [-0.1, -0.05) is 12.8 Å². The van der Waals surface area contributed by atoms with E-state index < -0.39 is 0 Å². The summed E-state index contributed by atoms with van der Waals surface area (Å²) in [5, 5.41) is 3.56. The highest BCUT2D eigenvalue weighted by molar-refractivity contribution is 5.29. The summed E-state index contributed by atoms with van der Waals surface area (Å²) in [6.07, 6.45) is 11.6. The Morgan fingerprint density at radius 2 is 1.95 bits per heavy atom. The van der Waals surface area contributed by atoms with E-state index in [0.29, 0.717) is 6.04 Å². The maximum absolute atomic E-state index is 4.66. The minimum Gasteiger partial charge on any atom is -0.356 e. The molecule has 1 aromatic heterocycles. The molecule has 2 heterocycles.